The first kappa shape index (κ1) is 16.9. The van der Waals surface area contributed by atoms with Gasteiger partial charge in [-0.1, -0.05) is 6.92 Å². The predicted octanol–water partition coefficient (Wildman–Crippen LogP) is 2.72. The Hall–Kier alpha value is -2.50. The lowest BCUT2D eigenvalue weighted by molar-refractivity contribution is 0.354. The van der Waals surface area contributed by atoms with Gasteiger partial charge in [0.25, 0.3) is 0 Å². The molecule has 3 heterocycles. The smallest absolute Gasteiger partial charge is 0.350 e. The number of hydrogen-bond donors (Lipinski definition) is 0. The van der Waals surface area contributed by atoms with Gasteiger partial charge in [-0.15, -0.1) is 0 Å². The average molecular weight is 355 g/mol. The molecule has 0 N–H and O–H groups in total. The van der Waals surface area contributed by atoms with Crippen molar-refractivity contribution in [3.63, 3.8) is 0 Å². The summed E-state index contributed by atoms with van der Waals surface area (Å²) >= 11 is 0. The molecule has 1 aromatic heterocycles. The third-order valence-electron chi connectivity index (χ3n) is 5.60. The molecule has 138 valence electrons. The summed E-state index contributed by atoms with van der Waals surface area (Å²) in [6.07, 6.45) is 3.06. The van der Waals surface area contributed by atoms with Crippen molar-refractivity contribution in [2.24, 2.45) is 5.92 Å². The van der Waals surface area contributed by atoms with E-state index in [0.29, 0.717) is 12.3 Å². The summed E-state index contributed by atoms with van der Waals surface area (Å²) in [5.41, 5.74) is 2.95. The summed E-state index contributed by atoms with van der Waals surface area (Å²) < 4.78 is 12.7. The Kier molecular flexibility index (Phi) is 4.34. The number of methoxy groups -OCH3 is 2. The Morgan fingerprint density at radius 2 is 1.73 bits per heavy atom. The summed E-state index contributed by atoms with van der Waals surface area (Å²) in [6, 6.07) is 6.05. The molecule has 0 saturated carbocycles. The Bertz CT molecular complexity index is 883. The fraction of sp³-hybridized carbons (Fsp3) is 0.500. The van der Waals surface area contributed by atoms with Crippen molar-refractivity contribution >= 4 is 5.82 Å². The normalized spacial score (nSPS) is 16.8. The van der Waals surface area contributed by atoms with Crippen LogP contribution in [0.5, 0.6) is 11.5 Å². The third-order valence-corrected chi connectivity index (χ3v) is 5.60. The van der Waals surface area contributed by atoms with E-state index in [1.54, 1.807) is 18.8 Å². The van der Waals surface area contributed by atoms with E-state index < -0.39 is 0 Å². The molecular formula is C20H25N3O3. The molecule has 1 aromatic carbocycles. The number of aromatic nitrogens is 2. The second-order valence-corrected chi connectivity index (χ2v) is 7.22. The number of aryl methyl sites for hydroxylation is 1. The molecule has 0 bridgehead atoms. The Morgan fingerprint density at radius 3 is 2.42 bits per heavy atom. The summed E-state index contributed by atoms with van der Waals surface area (Å²) in [6.45, 7) is 4.83. The van der Waals surface area contributed by atoms with Crippen LogP contribution in [-0.4, -0.2) is 36.9 Å². The zero-order chi connectivity index (χ0) is 18.3. The molecule has 4 rings (SSSR count). The number of anilines is 1. The molecule has 0 radical (unpaired) electrons. The molecule has 0 amide bonds. The second kappa shape index (κ2) is 6.67. The lowest BCUT2D eigenvalue weighted by Gasteiger charge is -2.32. The van der Waals surface area contributed by atoms with Gasteiger partial charge in [0.05, 0.1) is 19.9 Å². The molecule has 0 unspecified atom stereocenters. The van der Waals surface area contributed by atoms with Crippen LogP contribution in [0.3, 0.4) is 0 Å². The van der Waals surface area contributed by atoms with Gasteiger partial charge in [-0.2, -0.15) is 4.98 Å². The second-order valence-electron chi connectivity index (χ2n) is 7.22. The molecule has 2 aromatic rings. The van der Waals surface area contributed by atoms with Crippen molar-refractivity contribution < 1.29 is 9.47 Å². The highest BCUT2D eigenvalue weighted by atomic mass is 16.5. The largest absolute Gasteiger partial charge is 0.493 e. The maximum absolute atomic E-state index is 12.6. The minimum Gasteiger partial charge on any atom is -0.493 e. The molecule has 2 aliphatic rings. The van der Waals surface area contributed by atoms with Gasteiger partial charge in [-0.3, -0.25) is 4.57 Å². The first-order chi connectivity index (χ1) is 12.6. The Morgan fingerprint density at radius 1 is 1.04 bits per heavy atom. The van der Waals surface area contributed by atoms with Crippen LogP contribution >= 0.6 is 0 Å². The van der Waals surface area contributed by atoms with Crippen molar-refractivity contribution in [1.82, 2.24) is 9.55 Å². The molecule has 26 heavy (non-hydrogen) atoms. The van der Waals surface area contributed by atoms with Gasteiger partial charge >= 0.3 is 5.69 Å². The Labute approximate surface area is 153 Å². The highest BCUT2D eigenvalue weighted by Crippen LogP contribution is 2.38. The molecule has 0 aliphatic carbocycles. The third kappa shape index (κ3) is 2.83. The summed E-state index contributed by atoms with van der Waals surface area (Å²) in [5, 5.41) is 0. The van der Waals surface area contributed by atoms with E-state index in [0.717, 1.165) is 61.1 Å². The van der Waals surface area contributed by atoms with Crippen LogP contribution in [0, 0.1) is 5.92 Å². The van der Waals surface area contributed by atoms with Crippen LogP contribution in [0.2, 0.25) is 0 Å². The van der Waals surface area contributed by atoms with E-state index in [9.17, 15) is 4.79 Å². The number of piperidine rings is 1. The van der Waals surface area contributed by atoms with Crippen molar-refractivity contribution in [1.29, 1.82) is 0 Å². The fourth-order valence-corrected chi connectivity index (χ4v) is 3.93. The maximum atomic E-state index is 12.6. The fourth-order valence-electron chi connectivity index (χ4n) is 3.93. The topological polar surface area (TPSA) is 56.6 Å². The van der Waals surface area contributed by atoms with E-state index in [4.69, 9.17) is 9.47 Å². The average Bonchev–Trinajstić information content (AvgIpc) is 2.67. The number of nitrogens with zero attached hydrogens (tertiary/aromatic N) is 3. The minimum atomic E-state index is -0.170. The number of rotatable bonds is 3. The number of fused-ring (bicyclic) bond motifs is 3. The minimum absolute atomic E-state index is 0.170. The lowest BCUT2D eigenvalue weighted by atomic mass is 9.96. The first-order valence-corrected chi connectivity index (χ1v) is 9.23. The molecule has 0 atom stereocenters. The molecule has 6 heteroatoms. The van der Waals surface area contributed by atoms with Gasteiger partial charge in [0.2, 0.25) is 0 Å². The van der Waals surface area contributed by atoms with Gasteiger partial charge in [0, 0.05) is 31.3 Å². The van der Waals surface area contributed by atoms with Crippen LogP contribution in [-0.2, 0) is 13.0 Å². The molecule has 2 aliphatic heterocycles. The van der Waals surface area contributed by atoms with Crippen LogP contribution < -0.4 is 20.1 Å². The van der Waals surface area contributed by atoms with Crippen molar-refractivity contribution in [3.8, 4) is 22.8 Å². The van der Waals surface area contributed by atoms with Crippen LogP contribution in [0.25, 0.3) is 11.3 Å². The van der Waals surface area contributed by atoms with Crippen molar-refractivity contribution in [2.45, 2.75) is 32.7 Å². The van der Waals surface area contributed by atoms with E-state index in [-0.39, 0.29) is 5.69 Å². The van der Waals surface area contributed by atoms with Crippen LogP contribution in [0.4, 0.5) is 5.82 Å². The number of ether oxygens (including phenoxy) is 2. The van der Waals surface area contributed by atoms with Crippen LogP contribution in [0.1, 0.15) is 25.3 Å². The maximum Gasteiger partial charge on any atom is 0.350 e. The number of benzene rings is 1. The van der Waals surface area contributed by atoms with Gasteiger partial charge < -0.3 is 14.4 Å². The molecule has 0 spiro atoms. The first-order valence-electron chi connectivity index (χ1n) is 9.23. The SMILES string of the molecule is COc1cc2c(cc1OC)-c1cc(N3CCC(C)CC3)nc(=O)n1CC2. The van der Waals surface area contributed by atoms with Crippen molar-refractivity contribution in [2.75, 3.05) is 32.2 Å². The predicted molar refractivity (Wildman–Crippen MR) is 101 cm³/mol. The zero-order valence-corrected chi connectivity index (χ0v) is 15.6. The molecule has 1 fully saturated rings. The van der Waals surface area contributed by atoms with Crippen molar-refractivity contribution in [3.05, 3.63) is 34.2 Å². The van der Waals surface area contributed by atoms with E-state index in [1.165, 1.54) is 5.56 Å². The van der Waals surface area contributed by atoms with E-state index in [1.807, 2.05) is 12.1 Å². The summed E-state index contributed by atoms with van der Waals surface area (Å²) in [4.78, 5) is 19.2. The number of hydrogen-bond acceptors (Lipinski definition) is 5. The summed E-state index contributed by atoms with van der Waals surface area (Å²) in [5.74, 6) is 2.93. The molecule has 6 nitrogen and oxygen atoms in total. The Balaban J connectivity index is 1.81. The van der Waals surface area contributed by atoms with Gasteiger partial charge in [0.15, 0.2) is 11.5 Å². The van der Waals surface area contributed by atoms with E-state index >= 15 is 0 Å². The lowest BCUT2D eigenvalue weighted by Crippen LogP contribution is -2.36. The van der Waals surface area contributed by atoms with Gasteiger partial charge in [-0.25, -0.2) is 4.79 Å². The van der Waals surface area contributed by atoms with Gasteiger partial charge in [-0.05, 0) is 42.9 Å². The van der Waals surface area contributed by atoms with E-state index in [2.05, 4.69) is 22.9 Å². The van der Waals surface area contributed by atoms with Crippen LogP contribution in [0.15, 0.2) is 23.0 Å². The van der Waals surface area contributed by atoms with Gasteiger partial charge in [0.1, 0.15) is 5.82 Å². The molecular weight excluding hydrogens is 330 g/mol. The quantitative estimate of drug-likeness (QED) is 0.847. The molecule has 1 saturated heterocycles. The monoisotopic (exact) mass is 355 g/mol. The highest BCUT2D eigenvalue weighted by Gasteiger charge is 2.24. The summed E-state index contributed by atoms with van der Waals surface area (Å²) in [7, 11) is 3.28. The standard InChI is InChI=1S/C20H25N3O3/c1-13-4-7-22(8-5-13)19-12-16-15-11-18(26-3)17(25-2)10-14(15)6-9-23(16)20(24)21-19/h10-13H,4-9H2,1-3H3. The zero-order valence-electron chi connectivity index (χ0n) is 15.6. The highest BCUT2D eigenvalue weighted by molar-refractivity contribution is 5.72.